The van der Waals surface area contributed by atoms with E-state index in [0.717, 1.165) is 31.7 Å². The van der Waals surface area contributed by atoms with Gasteiger partial charge in [0.05, 0.1) is 19.0 Å². The Bertz CT molecular complexity index is 968. The van der Waals surface area contributed by atoms with Crippen molar-refractivity contribution in [1.29, 1.82) is 10.8 Å². The zero-order chi connectivity index (χ0) is 23.1. The summed E-state index contributed by atoms with van der Waals surface area (Å²) in [4.78, 5) is 14.4. The highest BCUT2D eigenvalue weighted by Gasteiger charge is 2.20. The van der Waals surface area contributed by atoms with Gasteiger partial charge in [0.15, 0.2) is 0 Å². The highest BCUT2D eigenvalue weighted by molar-refractivity contribution is 5.97. The first-order valence-electron chi connectivity index (χ1n) is 10.5. The third-order valence-corrected chi connectivity index (χ3v) is 5.39. The second kappa shape index (κ2) is 10.6. The van der Waals surface area contributed by atoms with Crippen LogP contribution >= 0.6 is 0 Å². The normalized spacial score (nSPS) is 14.0. The summed E-state index contributed by atoms with van der Waals surface area (Å²) in [5.74, 6) is 1.02. The van der Waals surface area contributed by atoms with Gasteiger partial charge in [-0.3, -0.25) is 15.6 Å². The number of amidine groups is 2. The maximum atomic E-state index is 12.3. The number of carbonyl (C=O) groups excluding carboxylic acids is 1. The van der Waals surface area contributed by atoms with Gasteiger partial charge >= 0.3 is 0 Å². The van der Waals surface area contributed by atoms with Crippen LogP contribution in [-0.4, -0.2) is 53.3 Å². The number of aliphatic hydroxyl groups excluding tert-OH is 1. The number of hydrogen-bond donors (Lipinski definition) is 6. The van der Waals surface area contributed by atoms with Crippen molar-refractivity contribution in [2.24, 2.45) is 5.73 Å². The second-order valence-electron chi connectivity index (χ2n) is 7.76. The maximum absolute atomic E-state index is 12.3. The quantitative estimate of drug-likeness (QED) is 0.275. The average molecular weight is 439 g/mol. The van der Waals surface area contributed by atoms with E-state index < -0.39 is 0 Å². The third-order valence-electron chi connectivity index (χ3n) is 5.39. The van der Waals surface area contributed by atoms with Crippen LogP contribution in [0.3, 0.4) is 0 Å². The minimum atomic E-state index is -0.245. The van der Waals surface area contributed by atoms with E-state index in [9.17, 15) is 9.90 Å². The van der Waals surface area contributed by atoms with Crippen LogP contribution in [0.25, 0.3) is 0 Å². The van der Waals surface area contributed by atoms with Crippen LogP contribution in [0.4, 0.5) is 11.4 Å². The van der Waals surface area contributed by atoms with Gasteiger partial charge in [0.2, 0.25) is 5.91 Å². The molecule has 7 N–H and O–H groups in total. The molecule has 0 aromatic heterocycles. The summed E-state index contributed by atoms with van der Waals surface area (Å²) < 4.78 is 6.03. The van der Waals surface area contributed by atoms with Gasteiger partial charge in [0.1, 0.15) is 17.7 Å². The Balaban J connectivity index is 1.49. The van der Waals surface area contributed by atoms with Crippen molar-refractivity contribution < 1.29 is 14.6 Å². The van der Waals surface area contributed by atoms with Crippen molar-refractivity contribution in [1.82, 2.24) is 4.90 Å². The maximum Gasteiger partial charge on any atom is 0.243 e. The monoisotopic (exact) mass is 438 g/mol. The topological polar surface area (TPSA) is 148 Å². The number of carbonyl (C=O) groups is 1. The predicted octanol–water partition coefficient (Wildman–Crippen LogP) is 2.35. The van der Waals surface area contributed by atoms with E-state index in [0.29, 0.717) is 28.3 Å². The van der Waals surface area contributed by atoms with Crippen LogP contribution in [0.2, 0.25) is 0 Å². The van der Waals surface area contributed by atoms with Gasteiger partial charge in [-0.1, -0.05) is 12.1 Å². The minimum absolute atomic E-state index is 0.00236. The van der Waals surface area contributed by atoms with Crippen LogP contribution in [0.15, 0.2) is 42.5 Å². The molecule has 1 heterocycles. The molecule has 1 aliphatic rings. The molecule has 2 aromatic carbocycles. The third kappa shape index (κ3) is 6.21. The largest absolute Gasteiger partial charge is 0.490 e. The number of rotatable bonds is 8. The summed E-state index contributed by atoms with van der Waals surface area (Å²) in [6, 6.07) is 12.2. The Labute approximate surface area is 187 Å². The molecule has 0 radical (unpaired) electrons. The molecule has 170 valence electrons. The summed E-state index contributed by atoms with van der Waals surface area (Å²) in [6.45, 7) is 3.27. The Kier molecular flexibility index (Phi) is 7.67. The Morgan fingerprint density at radius 1 is 1.19 bits per heavy atom. The zero-order valence-corrected chi connectivity index (χ0v) is 18.1. The van der Waals surface area contributed by atoms with Crippen LogP contribution in [0, 0.1) is 10.8 Å². The molecule has 0 aliphatic carbocycles. The molecule has 0 unspecified atom stereocenters. The number of nitrogen functional groups attached to an aromatic ring is 1. The molecule has 1 fully saturated rings. The zero-order valence-electron chi connectivity index (χ0n) is 18.1. The first-order valence-corrected chi connectivity index (χ1v) is 10.5. The van der Waals surface area contributed by atoms with Crippen molar-refractivity contribution in [3.63, 3.8) is 0 Å². The molecule has 9 heteroatoms. The Morgan fingerprint density at radius 3 is 2.47 bits per heavy atom. The molecule has 0 saturated carbocycles. The van der Waals surface area contributed by atoms with Gasteiger partial charge in [-0.05, 0) is 37.3 Å². The first-order chi connectivity index (χ1) is 15.4. The number of hydrogen-bond acceptors (Lipinski definition) is 6. The summed E-state index contributed by atoms with van der Waals surface area (Å²) in [5.41, 5.74) is 7.85. The van der Waals surface area contributed by atoms with Crippen molar-refractivity contribution in [2.75, 3.05) is 30.3 Å². The summed E-state index contributed by atoms with van der Waals surface area (Å²) in [7, 11) is 0. The van der Waals surface area contributed by atoms with Crippen molar-refractivity contribution in [3.8, 4) is 5.75 Å². The summed E-state index contributed by atoms with van der Waals surface area (Å²) in [5, 5.41) is 30.5. The van der Waals surface area contributed by atoms with E-state index in [2.05, 4.69) is 10.6 Å². The average Bonchev–Trinajstić information content (AvgIpc) is 2.79. The van der Waals surface area contributed by atoms with Crippen LogP contribution in [0.1, 0.15) is 30.9 Å². The van der Waals surface area contributed by atoms with E-state index in [1.807, 2.05) is 17.0 Å². The van der Waals surface area contributed by atoms with Gasteiger partial charge in [0.25, 0.3) is 0 Å². The lowest BCUT2D eigenvalue weighted by Gasteiger charge is -2.32. The van der Waals surface area contributed by atoms with Gasteiger partial charge in [-0.2, -0.15) is 0 Å². The standard InChI is InChI=1S/C23H30N6O3/c1-15(24)29-10-8-20(9-11-29)32-19-6-4-18(5-7-19)28-22(31)13-27-21-12-16(23(25)26)2-3-17(21)14-30/h2-7,12,20,24,27,30H,8-11,13-14H2,1H3,(H3,25,26)(H,28,31). The van der Waals surface area contributed by atoms with E-state index in [-0.39, 0.29) is 31.0 Å². The lowest BCUT2D eigenvalue weighted by atomic mass is 10.1. The number of amides is 1. The number of ether oxygens (including phenoxy) is 1. The second-order valence-corrected chi connectivity index (χ2v) is 7.76. The highest BCUT2D eigenvalue weighted by Crippen LogP contribution is 2.22. The minimum Gasteiger partial charge on any atom is -0.490 e. The molecule has 32 heavy (non-hydrogen) atoms. The number of nitrogens with two attached hydrogens (primary N) is 1. The van der Waals surface area contributed by atoms with E-state index in [1.54, 1.807) is 37.3 Å². The summed E-state index contributed by atoms with van der Waals surface area (Å²) >= 11 is 0. The molecule has 0 atom stereocenters. The predicted molar refractivity (Wildman–Crippen MR) is 126 cm³/mol. The number of anilines is 2. The van der Waals surface area contributed by atoms with Crippen LogP contribution in [-0.2, 0) is 11.4 Å². The Hall–Kier alpha value is -3.59. The van der Waals surface area contributed by atoms with Gasteiger partial charge in [0, 0.05) is 48.4 Å². The molecule has 2 aromatic rings. The molecule has 3 rings (SSSR count). The fraction of sp³-hybridized carbons (Fsp3) is 0.348. The fourth-order valence-electron chi connectivity index (χ4n) is 3.55. The van der Waals surface area contributed by atoms with Crippen molar-refractivity contribution in [3.05, 3.63) is 53.6 Å². The van der Waals surface area contributed by atoms with Crippen LogP contribution in [0.5, 0.6) is 5.75 Å². The molecule has 0 spiro atoms. The first kappa shape index (κ1) is 23.1. The number of nitrogens with one attached hydrogen (secondary N) is 4. The van der Waals surface area contributed by atoms with Gasteiger partial charge in [-0.15, -0.1) is 0 Å². The van der Waals surface area contributed by atoms with Crippen LogP contribution < -0.4 is 21.1 Å². The SMILES string of the molecule is CC(=N)N1CCC(Oc2ccc(NC(=O)CNc3cc(C(=N)N)ccc3CO)cc2)CC1. The number of likely N-dealkylation sites (tertiary alicyclic amines) is 1. The fourth-order valence-corrected chi connectivity index (χ4v) is 3.55. The lowest BCUT2D eigenvalue weighted by Crippen LogP contribution is -2.40. The molecular weight excluding hydrogens is 408 g/mol. The molecule has 1 aliphatic heterocycles. The molecule has 0 bridgehead atoms. The lowest BCUT2D eigenvalue weighted by molar-refractivity contribution is -0.114. The van der Waals surface area contributed by atoms with E-state index in [4.69, 9.17) is 21.3 Å². The molecule has 1 saturated heterocycles. The van der Waals surface area contributed by atoms with Crippen molar-refractivity contribution >= 4 is 29.0 Å². The summed E-state index contributed by atoms with van der Waals surface area (Å²) in [6.07, 6.45) is 1.88. The smallest absolute Gasteiger partial charge is 0.243 e. The van der Waals surface area contributed by atoms with Crippen molar-refractivity contribution in [2.45, 2.75) is 32.5 Å². The van der Waals surface area contributed by atoms with E-state index >= 15 is 0 Å². The number of benzene rings is 2. The molecule has 1 amide bonds. The molecule has 9 nitrogen and oxygen atoms in total. The Morgan fingerprint density at radius 2 is 1.88 bits per heavy atom. The number of aliphatic hydroxyl groups is 1. The number of piperidine rings is 1. The highest BCUT2D eigenvalue weighted by atomic mass is 16.5. The van der Waals surface area contributed by atoms with Gasteiger partial charge in [-0.25, -0.2) is 0 Å². The van der Waals surface area contributed by atoms with Gasteiger partial charge < -0.3 is 31.1 Å². The molecular formula is C23H30N6O3. The number of nitrogens with zero attached hydrogens (tertiary/aromatic N) is 1. The van der Waals surface area contributed by atoms with E-state index in [1.165, 1.54) is 0 Å².